The highest BCUT2D eigenvalue weighted by atomic mass is 32.3. The molecule has 242 valence electrons. The normalized spacial score (nSPS) is 17.0. The maximum atomic E-state index is 13.2. The van der Waals surface area contributed by atoms with Crippen molar-refractivity contribution in [3.8, 4) is 11.6 Å². The van der Waals surface area contributed by atoms with E-state index in [1.165, 1.54) is 25.4 Å². The lowest BCUT2D eigenvalue weighted by atomic mass is 9.84. The van der Waals surface area contributed by atoms with Crippen LogP contribution in [-0.4, -0.2) is 92.0 Å². The lowest BCUT2D eigenvalue weighted by molar-refractivity contribution is -0.696. The number of imidazole rings is 1. The molecule has 3 aromatic rings. The number of carboxylic acid groups (broad SMARTS) is 1. The molecular weight excluding hydrogens is 638 g/mol. The number of aromatic nitrogens is 4. The SMILES string of the molecule is CC1(C)[C@H](NC(=O)/C(=N\OC(COc2ccc(-n3cc[n+](CCCN)c3)nc2)C(=O)O)c2csc(N)n2)C(=O)N1OS(=O)(=O)[O-]. The molecule has 0 aliphatic carbocycles. The van der Waals surface area contributed by atoms with Crippen LogP contribution in [0.4, 0.5) is 5.13 Å². The number of ether oxygens (including phenoxy) is 1. The summed E-state index contributed by atoms with van der Waals surface area (Å²) in [6.45, 7) is 3.44. The van der Waals surface area contributed by atoms with Gasteiger partial charge in [-0.3, -0.25) is 9.59 Å². The fourth-order valence-corrected chi connectivity index (χ4v) is 4.99. The van der Waals surface area contributed by atoms with Crippen molar-refractivity contribution in [2.45, 2.75) is 44.5 Å². The Morgan fingerprint density at radius 2 is 2.11 bits per heavy atom. The molecular formula is C24H29N9O10S2. The minimum Gasteiger partial charge on any atom is -0.724 e. The molecule has 4 rings (SSSR count). The van der Waals surface area contributed by atoms with Crippen molar-refractivity contribution < 1.29 is 50.9 Å². The van der Waals surface area contributed by atoms with Gasteiger partial charge in [0.2, 0.25) is 22.5 Å². The number of nitrogen functional groups attached to an aromatic ring is 1. The second-order valence-corrected chi connectivity index (χ2v) is 11.8. The van der Waals surface area contributed by atoms with Crippen LogP contribution in [0, 0.1) is 0 Å². The van der Waals surface area contributed by atoms with Crippen molar-refractivity contribution in [1.29, 1.82) is 0 Å². The minimum absolute atomic E-state index is 0.0464. The van der Waals surface area contributed by atoms with Crippen LogP contribution in [-0.2, 0) is 40.4 Å². The zero-order chi connectivity index (χ0) is 32.9. The fourth-order valence-electron chi connectivity index (χ4n) is 4.00. The molecule has 19 nitrogen and oxygen atoms in total. The Labute approximate surface area is 259 Å². The molecule has 2 amide bonds. The van der Waals surface area contributed by atoms with E-state index in [9.17, 15) is 32.5 Å². The molecule has 1 aliphatic rings. The van der Waals surface area contributed by atoms with Crippen LogP contribution in [0.5, 0.6) is 5.75 Å². The molecule has 2 atom stereocenters. The smallest absolute Gasteiger partial charge is 0.351 e. The van der Waals surface area contributed by atoms with Crippen LogP contribution >= 0.6 is 11.3 Å². The van der Waals surface area contributed by atoms with Gasteiger partial charge >= 0.3 is 5.97 Å². The molecule has 0 aromatic carbocycles. The van der Waals surface area contributed by atoms with Crippen LogP contribution in [0.2, 0.25) is 0 Å². The first-order valence-corrected chi connectivity index (χ1v) is 15.3. The van der Waals surface area contributed by atoms with Crippen LogP contribution < -0.4 is 26.1 Å². The topological polar surface area (TPSA) is 271 Å². The summed E-state index contributed by atoms with van der Waals surface area (Å²) < 4.78 is 46.3. The maximum absolute atomic E-state index is 13.2. The van der Waals surface area contributed by atoms with Gasteiger partial charge in [-0.1, -0.05) is 5.16 Å². The van der Waals surface area contributed by atoms with Gasteiger partial charge in [0.05, 0.1) is 18.3 Å². The summed E-state index contributed by atoms with van der Waals surface area (Å²) in [6, 6.07) is 1.88. The monoisotopic (exact) mass is 667 g/mol. The summed E-state index contributed by atoms with van der Waals surface area (Å²) in [7, 11) is -5.27. The summed E-state index contributed by atoms with van der Waals surface area (Å²) in [4.78, 5) is 50.9. The number of pyridine rings is 1. The third-order valence-corrected chi connectivity index (χ3v) is 7.35. The predicted octanol–water partition coefficient (Wildman–Crippen LogP) is -1.70. The third kappa shape index (κ3) is 8.07. The van der Waals surface area contributed by atoms with Crippen LogP contribution in [0.3, 0.4) is 0 Å². The van der Waals surface area contributed by atoms with Gasteiger partial charge in [0, 0.05) is 11.4 Å². The Bertz CT molecular complexity index is 1690. The van der Waals surface area contributed by atoms with Gasteiger partial charge in [0.15, 0.2) is 10.8 Å². The van der Waals surface area contributed by atoms with E-state index in [1.54, 1.807) is 16.7 Å². The highest BCUT2D eigenvalue weighted by molar-refractivity contribution is 7.80. The van der Waals surface area contributed by atoms with E-state index >= 15 is 0 Å². The number of hydrogen-bond donors (Lipinski definition) is 4. The zero-order valence-electron chi connectivity index (χ0n) is 23.8. The number of carbonyl (C=O) groups excluding carboxylic acids is 2. The summed E-state index contributed by atoms with van der Waals surface area (Å²) in [5, 5.41) is 17.4. The largest absolute Gasteiger partial charge is 0.724 e. The van der Waals surface area contributed by atoms with E-state index in [1.807, 2.05) is 23.3 Å². The van der Waals surface area contributed by atoms with Crippen LogP contribution in [0.1, 0.15) is 26.0 Å². The van der Waals surface area contributed by atoms with Crippen molar-refractivity contribution in [3.63, 3.8) is 0 Å². The Balaban J connectivity index is 1.44. The van der Waals surface area contributed by atoms with Gasteiger partial charge in [0.1, 0.15) is 36.5 Å². The van der Waals surface area contributed by atoms with Gasteiger partial charge in [0.25, 0.3) is 17.9 Å². The number of carboxylic acids is 1. The summed E-state index contributed by atoms with van der Waals surface area (Å²) in [5.41, 5.74) is 9.10. The second-order valence-electron chi connectivity index (χ2n) is 9.98. The standard InChI is InChI=1S/C24H29N9O10S2/c1-24(2)19(21(35)33(24)43-45(38,39)40)29-20(34)18(15-12-44-23(26)28-15)30-42-16(22(36)37)11-41-14-4-5-17(27-10-14)32-9-8-31(13-32)7-3-6-25/h4-5,8-10,12-13,16,19H,3,6-7,11,25H2,1-2H3,(H4-,26,28,29,34,36,37,38,39,40)/b30-18-/t16?,19-/m1/s1. The Hall–Kier alpha value is -4.70. The quantitative estimate of drug-likeness (QED) is 0.0351. The molecule has 45 heavy (non-hydrogen) atoms. The van der Waals surface area contributed by atoms with E-state index in [0.29, 0.717) is 17.4 Å². The fraction of sp³-hybridized carbons (Fsp3) is 0.375. The van der Waals surface area contributed by atoms with Gasteiger partial charge in [-0.2, -0.15) is 13.9 Å². The number of thiazole rings is 1. The van der Waals surface area contributed by atoms with Gasteiger partial charge in [-0.05, 0) is 32.9 Å². The highest BCUT2D eigenvalue weighted by Crippen LogP contribution is 2.33. The molecule has 0 saturated carbocycles. The first-order chi connectivity index (χ1) is 21.2. The maximum Gasteiger partial charge on any atom is 0.351 e. The average Bonchev–Trinajstić information content (AvgIpc) is 3.64. The summed E-state index contributed by atoms with van der Waals surface area (Å²) in [6.07, 6.45) is 6.04. The molecule has 6 N–H and O–H groups in total. The van der Waals surface area contributed by atoms with Gasteiger partial charge in [-0.15, -0.1) is 11.3 Å². The Morgan fingerprint density at radius 1 is 1.36 bits per heavy atom. The number of β-lactam (4-membered cyclic amide) rings is 1. The average molecular weight is 668 g/mol. The third-order valence-electron chi connectivity index (χ3n) is 6.34. The van der Waals surface area contributed by atoms with E-state index < -0.39 is 58.2 Å². The van der Waals surface area contributed by atoms with E-state index in [2.05, 4.69) is 24.7 Å². The van der Waals surface area contributed by atoms with Crippen molar-refractivity contribution in [2.24, 2.45) is 10.9 Å². The molecule has 1 fully saturated rings. The molecule has 21 heteroatoms. The van der Waals surface area contributed by atoms with Crippen LogP contribution in [0.25, 0.3) is 5.82 Å². The lowest BCUT2D eigenvalue weighted by Gasteiger charge is -2.51. The molecule has 1 aliphatic heterocycles. The van der Waals surface area contributed by atoms with E-state index in [4.69, 9.17) is 21.0 Å². The number of hydroxylamine groups is 2. The number of amides is 2. The molecule has 0 spiro atoms. The molecule has 0 bridgehead atoms. The van der Waals surface area contributed by atoms with Gasteiger partial charge in [-0.25, -0.2) is 27.7 Å². The highest BCUT2D eigenvalue weighted by Gasteiger charge is 2.57. The zero-order valence-corrected chi connectivity index (χ0v) is 25.4. The summed E-state index contributed by atoms with van der Waals surface area (Å²) in [5.74, 6) is -2.75. The number of anilines is 1. The molecule has 4 heterocycles. The second kappa shape index (κ2) is 13.5. The number of oxime groups is 1. The molecule has 1 saturated heterocycles. The lowest BCUT2D eigenvalue weighted by Crippen LogP contribution is -2.76. The van der Waals surface area contributed by atoms with E-state index in [0.717, 1.165) is 24.3 Å². The number of hydrogen-bond acceptors (Lipinski definition) is 15. The number of nitrogens with two attached hydrogens (primary N) is 2. The van der Waals surface area contributed by atoms with Crippen molar-refractivity contribution in [1.82, 2.24) is 24.9 Å². The first kappa shape index (κ1) is 33.2. The Morgan fingerprint density at radius 3 is 2.69 bits per heavy atom. The molecule has 1 unspecified atom stereocenters. The summed E-state index contributed by atoms with van der Waals surface area (Å²) >= 11 is 0.946. The number of nitrogens with zero attached hydrogens (tertiary/aromatic N) is 6. The van der Waals surface area contributed by atoms with Crippen LogP contribution in [0.15, 0.2) is 47.6 Å². The van der Waals surface area contributed by atoms with Crippen molar-refractivity contribution in [2.75, 3.05) is 18.9 Å². The first-order valence-electron chi connectivity index (χ1n) is 13.0. The predicted molar refractivity (Wildman–Crippen MR) is 152 cm³/mol. The van der Waals surface area contributed by atoms with Gasteiger partial charge < -0.3 is 36.0 Å². The number of aryl methyl sites for hydroxylation is 1. The Kier molecular flexibility index (Phi) is 9.97. The number of rotatable bonds is 15. The minimum atomic E-state index is -5.27. The number of carbonyl (C=O) groups is 3. The van der Waals surface area contributed by atoms with Crippen molar-refractivity contribution in [3.05, 3.63) is 48.1 Å². The van der Waals surface area contributed by atoms with Crippen molar-refractivity contribution >= 4 is 50.4 Å². The molecule has 0 radical (unpaired) electrons. The number of aliphatic carboxylic acids is 1. The molecule has 3 aromatic heterocycles. The van der Waals surface area contributed by atoms with E-state index in [-0.39, 0.29) is 16.6 Å². The number of nitrogens with one attached hydrogen (secondary N) is 1.